The Balaban J connectivity index is 1.63. The van der Waals surface area contributed by atoms with Crippen molar-refractivity contribution in [1.29, 1.82) is 0 Å². The average molecular weight is 402 g/mol. The lowest BCUT2D eigenvalue weighted by molar-refractivity contribution is 0.0954. The number of nitrogens with one attached hydrogen (secondary N) is 2. The van der Waals surface area contributed by atoms with Crippen molar-refractivity contribution in [3.63, 3.8) is 0 Å². The monoisotopic (exact) mass is 402 g/mol. The largest absolute Gasteiger partial charge is 0.493 e. The van der Waals surface area contributed by atoms with E-state index in [1.54, 1.807) is 18.3 Å². The molecule has 0 aliphatic rings. The van der Waals surface area contributed by atoms with E-state index in [0.717, 1.165) is 33.9 Å². The number of aryl methyl sites for hydroxylation is 1. The number of benzene rings is 1. The topological polar surface area (TPSA) is 106 Å². The van der Waals surface area contributed by atoms with Gasteiger partial charge in [0.05, 0.1) is 17.8 Å². The zero-order valence-corrected chi connectivity index (χ0v) is 16.8. The van der Waals surface area contributed by atoms with E-state index in [4.69, 9.17) is 9.72 Å². The molecule has 4 rings (SSSR count). The third-order valence-corrected chi connectivity index (χ3v) is 4.64. The fourth-order valence-corrected chi connectivity index (χ4v) is 3.21. The minimum atomic E-state index is -0.165. The summed E-state index contributed by atoms with van der Waals surface area (Å²) in [6, 6.07) is 11.3. The standard InChI is InChI=1S/C22H22N6O2/c1-3-30-20-12-18(15-6-8-23-14(2)10-15)27-19-11-16(4-5-17(19)20)22(29)24-9-7-21-25-13-26-28-21/h4-6,8,10-13H,3,7,9H2,1-2H3,(H,24,29)(H,25,26,28). The number of H-pyrrole nitrogens is 1. The number of fused-ring (bicyclic) bond motifs is 1. The Labute approximate surface area is 173 Å². The molecule has 0 atom stereocenters. The lowest BCUT2D eigenvalue weighted by atomic mass is 10.1. The fourth-order valence-electron chi connectivity index (χ4n) is 3.21. The highest BCUT2D eigenvalue weighted by Gasteiger charge is 2.13. The fraction of sp³-hybridized carbons (Fsp3) is 0.227. The first-order chi connectivity index (χ1) is 14.6. The Kier molecular flexibility index (Phi) is 5.65. The van der Waals surface area contributed by atoms with Crippen molar-refractivity contribution in [2.24, 2.45) is 0 Å². The molecule has 2 N–H and O–H groups in total. The normalized spacial score (nSPS) is 10.9. The van der Waals surface area contributed by atoms with Gasteiger partial charge in [0.2, 0.25) is 0 Å². The molecular weight excluding hydrogens is 380 g/mol. The molecule has 0 spiro atoms. The van der Waals surface area contributed by atoms with Crippen LogP contribution in [0.3, 0.4) is 0 Å². The van der Waals surface area contributed by atoms with Crippen LogP contribution in [-0.4, -0.2) is 44.2 Å². The second kappa shape index (κ2) is 8.69. The van der Waals surface area contributed by atoms with Crippen LogP contribution in [0.4, 0.5) is 0 Å². The molecule has 0 unspecified atom stereocenters. The first-order valence-electron chi connectivity index (χ1n) is 9.78. The number of carbonyl (C=O) groups is 1. The number of aromatic nitrogens is 5. The Morgan fingerprint density at radius 1 is 1.20 bits per heavy atom. The van der Waals surface area contributed by atoms with Gasteiger partial charge in [-0.2, -0.15) is 0 Å². The van der Waals surface area contributed by atoms with Gasteiger partial charge < -0.3 is 15.0 Å². The van der Waals surface area contributed by atoms with E-state index in [9.17, 15) is 4.79 Å². The molecule has 0 aliphatic heterocycles. The summed E-state index contributed by atoms with van der Waals surface area (Å²) in [4.78, 5) is 24.5. The zero-order chi connectivity index (χ0) is 20.9. The van der Waals surface area contributed by atoms with Crippen molar-refractivity contribution in [3.8, 4) is 17.0 Å². The van der Waals surface area contributed by atoms with Gasteiger partial charge in [-0.25, -0.2) is 4.98 Å². The maximum Gasteiger partial charge on any atom is 0.251 e. The molecule has 0 saturated heterocycles. The number of hydrogen-bond acceptors (Lipinski definition) is 6. The Morgan fingerprint density at radius 2 is 2.10 bits per heavy atom. The van der Waals surface area contributed by atoms with Crippen LogP contribution in [0, 0.1) is 6.92 Å². The molecule has 3 aromatic heterocycles. The number of ether oxygens (including phenoxy) is 1. The van der Waals surface area contributed by atoms with Crippen LogP contribution in [0.25, 0.3) is 22.2 Å². The van der Waals surface area contributed by atoms with Crippen LogP contribution < -0.4 is 10.1 Å². The van der Waals surface area contributed by atoms with Crippen LogP contribution in [0.1, 0.15) is 28.8 Å². The van der Waals surface area contributed by atoms with Crippen molar-refractivity contribution < 1.29 is 9.53 Å². The molecule has 152 valence electrons. The summed E-state index contributed by atoms with van der Waals surface area (Å²) in [6.45, 7) is 4.88. The first-order valence-corrected chi connectivity index (χ1v) is 9.78. The Morgan fingerprint density at radius 3 is 2.87 bits per heavy atom. The molecule has 30 heavy (non-hydrogen) atoms. The molecule has 0 fully saturated rings. The van der Waals surface area contributed by atoms with Crippen LogP contribution in [-0.2, 0) is 6.42 Å². The number of hydrogen-bond donors (Lipinski definition) is 2. The van der Waals surface area contributed by atoms with Gasteiger partial charge in [0.15, 0.2) is 0 Å². The summed E-state index contributed by atoms with van der Waals surface area (Å²) < 4.78 is 5.85. The molecule has 8 heteroatoms. The van der Waals surface area contributed by atoms with Crippen molar-refractivity contribution in [2.45, 2.75) is 20.3 Å². The smallest absolute Gasteiger partial charge is 0.251 e. The lowest BCUT2D eigenvalue weighted by Gasteiger charge is -2.12. The summed E-state index contributed by atoms with van der Waals surface area (Å²) >= 11 is 0. The van der Waals surface area contributed by atoms with Crippen LogP contribution in [0.2, 0.25) is 0 Å². The van der Waals surface area contributed by atoms with Gasteiger partial charge >= 0.3 is 0 Å². The average Bonchev–Trinajstić information content (AvgIpc) is 3.27. The molecule has 1 amide bonds. The number of carbonyl (C=O) groups excluding carboxylic acids is 1. The summed E-state index contributed by atoms with van der Waals surface area (Å²) in [5, 5.41) is 11.4. The van der Waals surface area contributed by atoms with E-state index < -0.39 is 0 Å². The number of aromatic amines is 1. The quantitative estimate of drug-likeness (QED) is 0.492. The molecule has 4 aromatic rings. The molecule has 0 saturated carbocycles. The Hall–Kier alpha value is -3.81. The summed E-state index contributed by atoms with van der Waals surface area (Å²) in [7, 11) is 0. The third-order valence-electron chi connectivity index (χ3n) is 4.64. The minimum absolute atomic E-state index is 0.165. The highest BCUT2D eigenvalue weighted by atomic mass is 16.5. The van der Waals surface area contributed by atoms with Gasteiger partial charge in [0, 0.05) is 47.4 Å². The maximum absolute atomic E-state index is 12.6. The first kappa shape index (κ1) is 19.5. The molecule has 8 nitrogen and oxygen atoms in total. The van der Waals surface area contributed by atoms with E-state index in [0.29, 0.717) is 30.7 Å². The van der Waals surface area contributed by atoms with Crippen LogP contribution in [0.15, 0.2) is 48.9 Å². The lowest BCUT2D eigenvalue weighted by Crippen LogP contribution is -2.25. The van der Waals surface area contributed by atoms with E-state index >= 15 is 0 Å². The van der Waals surface area contributed by atoms with E-state index in [1.165, 1.54) is 6.33 Å². The van der Waals surface area contributed by atoms with Gasteiger partial charge in [0.25, 0.3) is 5.91 Å². The highest BCUT2D eigenvalue weighted by Crippen LogP contribution is 2.31. The summed E-state index contributed by atoms with van der Waals surface area (Å²) in [5.74, 6) is 1.31. The van der Waals surface area contributed by atoms with E-state index in [-0.39, 0.29) is 5.91 Å². The van der Waals surface area contributed by atoms with E-state index in [2.05, 4.69) is 25.5 Å². The van der Waals surface area contributed by atoms with Gasteiger partial charge in [0.1, 0.15) is 17.9 Å². The zero-order valence-electron chi connectivity index (χ0n) is 16.8. The van der Waals surface area contributed by atoms with Gasteiger partial charge in [-0.3, -0.25) is 9.78 Å². The number of pyridine rings is 2. The van der Waals surface area contributed by atoms with Crippen molar-refractivity contribution in [1.82, 2.24) is 30.5 Å². The number of rotatable bonds is 7. The second-order valence-electron chi connectivity index (χ2n) is 6.80. The molecule has 0 bridgehead atoms. The van der Waals surface area contributed by atoms with E-state index in [1.807, 2.05) is 38.1 Å². The number of amides is 1. The van der Waals surface area contributed by atoms with Crippen LogP contribution >= 0.6 is 0 Å². The van der Waals surface area contributed by atoms with Crippen LogP contribution in [0.5, 0.6) is 5.75 Å². The molecule has 1 aromatic carbocycles. The van der Waals surface area contributed by atoms with Gasteiger partial charge in [-0.15, -0.1) is 10.2 Å². The third kappa shape index (κ3) is 4.27. The number of nitrogens with zero attached hydrogens (tertiary/aromatic N) is 4. The molecule has 0 radical (unpaired) electrons. The summed E-state index contributed by atoms with van der Waals surface area (Å²) in [6.07, 6.45) is 3.86. The van der Waals surface area contributed by atoms with Crippen molar-refractivity contribution >= 4 is 16.8 Å². The predicted octanol–water partition coefficient (Wildman–Crippen LogP) is 3.09. The summed E-state index contributed by atoms with van der Waals surface area (Å²) in [5.41, 5.74) is 3.88. The second-order valence-corrected chi connectivity index (χ2v) is 6.80. The van der Waals surface area contributed by atoms with Crippen molar-refractivity contribution in [3.05, 3.63) is 66.0 Å². The maximum atomic E-state index is 12.6. The van der Waals surface area contributed by atoms with Gasteiger partial charge in [-0.1, -0.05) is 0 Å². The van der Waals surface area contributed by atoms with Gasteiger partial charge in [-0.05, 0) is 44.2 Å². The SMILES string of the molecule is CCOc1cc(-c2ccnc(C)c2)nc2cc(C(=O)NCCc3nnc[nH]3)ccc12. The van der Waals surface area contributed by atoms with Crippen molar-refractivity contribution in [2.75, 3.05) is 13.2 Å². The Bertz CT molecular complexity index is 1170. The predicted molar refractivity (Wildman–Crippen MR) is 113 cm³/mol. The minimum Gasteiger partial charge on any atom is -0.493 e. The highest BCUT2D eigenvalue weighted by molar-refractivity contribution is 5.99. The molecule has 3 heterocycles. The molecular formula is C22H22N6O2. The molecule has 0 aliphatic carbocycles.